The summed E-state index contributed by atoms with van der Waals surface area (Å²) >= 11 is 0. The standard InChI is InChI=1S/C18H23N5O/c1-5-14(11(2)6-7-19)23-16-13(10-20-23)17(24)22-15(21-16)12-8-18(3,4)9-12/h5-7,10,12H,1,8-9,19H2,2-4H3,(H,21,22,24)/b7-6-,14-11+. The van der Waals surface area contributed by atoms with Crippen molar-refractivity contribution in [1.29, 1.82) is 0 Å². The van der Waals surface area contributed by atoms with E-state index in [2.05, 4.69) is 30.5 Å². The zero-order valence-corrected chi connectivity index (χ0v) is 14.3. The predicted octanol–water partition coefficient (Wildman–Crippen LogP) is 2.91. The van der Waals surface area contributed by atoms with Gasteiger partial charge in [-0.25, -0.2) is 9.67 Å². The lowest BCUT2D eigenvalue weighted by molar-refractivity contribution is 0.145. The second kappa shape index (κ2) is 5.78. The maximum atomic E-state index is 12.4. The average Bonchev–Trinajstić information content (AvgIpc) is 2.90. The molecule has 0 bridgehead atoms. The minimum atomic E-state index is -0.151. The van der Waals surface area contributed by atoms with E-state index in [0.717, 1.165) is 29.9 Å². The third kappa shape index (κ3) is 2.68. The molecule has 2 aromatic heterocycles. The van der Waals surface area contributed by atoms with Gasteiger partial charge < -0.3 is 10.7 Å². The number of rotatable bonds is 4. The van der Waals surface area contributed by atoms with Gasteiger partial charge in [-0.2, -0.15) is 5.10 Å². The molecule has 0 spiro atoms. The summed E-state index contributed by atoms with van der Waals surface area (Å²) in [6.07, 6.45) is 8.51. The van der Waals surface area contributed by atoms with E-state index in [0.29, 0.717) is 22.4 Å². The first-order valence-electron chi connectivity index (χ1n) is 8.06. The van der Waals surface area contributed by atoms with Crippen molar-refractivity contribution in [2.75, 3.05) is 0 Å². The zero-order valence-electron chi connectivity index (χ0n) is 14.3. The summed E-state index contributed by atoms with van der Waals surface area (Å²) in [4.78, 5) is 20.0. The van der Waals surface area contributed by atoms with Crippen LogP contribution in [0.2, 0.25) is 0 Å². The largest absolute Gasteiger partial charge is 0.405 e. The van der Waals surface area contributed by atoms with E-state index in [1.807, 2.05) is 6.92 Å². The van der Waals surface area contributed by atoms with Crippen molar-refractivity contribution in [3.05, 3.63) is 52.9 Å². The molecule has 6 heteroatoms. The molecule has 2 heterocycles. The van der Waals surface area contributed by atoms with E-state index in [4.69, 9.17) is 10.7 Å². The molecular formula is C18H23N5O. The maximum absolute atomic E-state index is 12.4. The van der Waals surface area contributed by atoms with Crippen molar-refractivity contribution in [2.24, 2.45) is 11.1 Å². The first-order valence-corrected chi connectivity index (χ1v) is 8.06. The topological polar surface area (TPSA) is 89.6 Å². The molecule has 0 unspecified atom stereocenters. The number of allylic oxidation sites excluding steroid dienone is 4. The molecule has 0 aliphatic heterocycles. The lowest BCUT2D eigenvalue weighted by Gasteiger charge is -2.41. The Balaban J connectivity index is 2.14. The lowest BCUT2D eigenvalue weighted by atomic mass is 9.64. The van der Waals surface area contributed by atoms with Crippen molar-refractivity contribution < 1.29 is 0 Å². The third-order valence-electron chi connectivity index (χ3n) is 4.61. The van der Waals surface area contributed by atoms with E-state index < -0.39 is 0 Å². The molecule has 2 aromatic rings. The highest BCUT2D eigenvalue weighted by atomic mass is 16.1. The molecule has 1 saturated carbocycles. The van der Waals surface area contributed by atoms with Crippen LogP contribution in [-0.2, 0) is 0 Å². The Hall–Kier alpha value is -2.63. The number of aromatic nitrogens is 4. The minimum absolute atomic E-state index is 0.151. The zero-order chi connectivity index (χ0) is 17.5. The molecule has 0 atom stereocenters. The van der Waals surface area contributed by atoms with Gasteiger partial charge >= 0.3 is 0 Å². The second-order valence-electron chi connectivity index (χ2n) is 7.15. The van der Waals surface area contributed by atoms with Gasteiger partial charge in [0.2, 0.25) is 0 Å². The van der Waals surface area contributed by atoms with Crippen LogP contribution >= 0.6 is 0 Å². The van der Waals surface area contributed by atoms with Gasteiger partial charge in [-0.3, -0.25) is 4.79 Å². The number of nitrogens with one attached hydrogen (secondary N) is 1. The van der Waals surface area contributed by atoms with Crippen LogP contribution in [0.25, 0.3) is 16.7 Å². The highest BCUT2D eigenvalue weighted by Gasteiger charge is 2.38. The molecular weight excluding hydrogens is 302 g/mol. The highest BCUT2D eigenvalue weighted by Crippen LogP contribution is 2.49. The summed E-state index contributed by atoms with van der Waals surface area (Å²) < 4.78 is 1.65. The Bertz CT molecular complexity index is 905. The summed E-state index contributed by atoms with van der Waals surface area (Å²) in [5.74, 6) is 1.03. The van der Waals surface area contributed by atoms with Crippen molar-refractivity contribution in [2.45, 2.75) is 39.5 Å². The van der Waals surface area contributed by atoms with Gasteiger partial charge in [-0.15, -0.1) is 0 Å². The predicted molar refractivity (Wildman–Crippen MR) is 96.3 cm³/mol. The Kier molecular flexibility index (Phi) is 3.91. The Morgan fingerprint density at radius 3 is 2.79 bits per heavy atom. The number of hydrogen-bond acceptors (Lipinski definition) is 4. The number of H-pyrrole nitrogens is 1. The number of nitrogens with zero attached hydrogens (tertiary/aromatic N) is 3. The first-order chi connectivity index (χ1) is 11.4. The Morgan fingerprint density at radius 2 is 2.21 bits per heavy atom. The molecule has 1 fully saturated rings. The molecule has 1 aliphatic rings. The van der Waals surface area contributed by atoms with E-state index in [1.54, 1.807) is 23.0 Å². The van der Waals surface area contributed by atoms with Gasteiger partial charge in [0, 0.05) is 5.92 Å². The molecule has 126 valence electrons. The molecule has 0 aromatic carbocycles. The van der Waals surface area contributed by atoms with Crippen LogP contribution in [0.4, 0.5) is 0 Å². The maximum Gasteiger partial charge on any atom is 0.262 e. The third-order valence-corrected chi connectivity index (χ3v) is 4.61. The number of hydrogen-bond donors (Lipinski definition) is 2. The first kappa shape index (κ1) is 16.2. The van der Waals surface area contributed by atoms with Crippen LogP contribution in [0.5, 0.6) is 0 Å². The van der Waals surface area contributed by atoms with Crippen molar-refractivity contribution in [1.82, 2.24) is 19.7 Å². The van der Waals surface area contributed by atoms with Crippen molar-refractivity contribution >= 4 is 16.7 Å². The Labute approximate surface area is 140 Å². The quantitative estimate of drug-likeness (QED) is 0.846. The lowest BCUT2D eigenvalue weighted by Crippen LogP contribution is -2.32. The van der Waals surface area contributed by atoms with E-state index in [9.17, 15) is 4.79 Å². The van der Waals surface area contributed by atoms with Gasteiger partial charge in [-0.05, 0) is 49.1 Å². The van der Waals surface area contributed by atoms with Gasteiger partial charge in [-0.1, -0.05) is 20.4 Å². The molecule has 0 radical (unpaired) electrons. The minimum Gasteiger partial charge on any atom is -0.405 e. The fourth-order valence-corrected chi connectivity index (χ4v) is 3.42. The Morgan fingerprint density at radius 1 is 1.50 bits per heavy atom. The average molecular weight is 325 g/mol. The number of fused-ring (bicyclic) bond motifs is 1. The van der Waals surface area contributed by atoms with Gasteiger partial charge in [0.15, 0.2) is 5.65 Å². The van der Waals surface area contributed by atoms with Crippen LogP contribution < -0.4 is 11.3 Å². The van der Waals surface area contributed by atoms with Crippen LogP contribution in [0, 0.1) is 5.41 Å². The SMILES string of the molecule is C=C/C(=C(C)\C=C/N)n1ncc2c(=O)[nH]c(C3CC(C)(C)C3)nc21. The summed E-state index contributed by atoms with van der Waals surface area (Å²) in [6.45, 7) is 10.2. The molecule has 3 rings (SSSR count). The number of aromatic amines is 1. The monoisotopic (exact) mass is 325 g/mol. The summed E-state index contributed by atoms with van der Waals surface area (Å²) in [5, 5.41) is 4.81. The molecule has 0 amide bonds. The van der Waals surface area contributed by atoms with Crippen LogP contribution in [0.3, 0.4) is 0 Å². The van der Waals surface area contributed by atoms with E-state index in [1.165, 1.54) is 6.20 Å². The van der Waals surface area contributed by atoms with Crippen LogP contribution in [-0.4, -0.2) is 19.7 Å². The van der Waals surface area contributed by atoms with Gasteiger partial charge in [0.05, 0.1) is 11.9 Å². The van der Waals surface area contributed by atoms with Crippen LogP contribution in [0.1, 0.15) is 45.4 Å². The van der Waals surface area contributed by atoms with Crippen molar-refractivity contribution in [3.63, 3.8) is 0 Å². The van der Waals surface area contributed by atoms with Crippen LogP contribution in [0.15, 0.2) is 41.5 Å². The summed E-state index contributed by atoms with van der Waals surface area (Å²) in [6, 6.07) is 0. The summed E-state index contributed by atoms with van der Waals surface area (Å²) in [7, 11) is 0. The molecule has 24 heavy (non-hydrogen) atoms. The summed E-state index contributed by atoms with van der Waals surface area (Å²) in [5.41, 5.74) is 7.84. The van der Waals surface area contributed by atoms with Crippen molar-refractivity contribution in [3.8, 4) is 0 Å². The molecule has 6 nitrogen and oxygen atoms in total. The fraction of sp³-hybridized carbons (Fsp3) is 0.389. The van der Waals surface area contributed by atoms with Gasteiger partial charge in [0.25, 0.3) is 5.56 Å². The van der Waals surface area contributed by atoms with E-state index >= 15 is 0 Å². The molecule has 0 saturated heterocycles. The fourth-order valence-electron chi connectivity index (χ4n) is 3.42. The smallest absolute Gasteiger partial charge is 0.262 e. The van der Waals surface area contributed by atoms with Gasteiger partial charge in [0.1, 0.15) is 11.2 Å². The highest BCUT2D eigenvalue weighted by molar-refractivity contribution is 5.79. The molecule has 3 N–H and O–H groups in total. The number of nitrogens with two attached hydrogens (primary N) is 1. The molecule has 1 aliphatic carbocycles. The second-order valence-corrected chi connectivity index (χ2v) is 7.15. The normalized spacial score (nSPS) is 18.6. The van der Waals surface area contributed by atoms with E-state index in [-0.39, 0.29) is 5.56 Å².